The molecule has 120 valence electrons. The molecule has 0 saturated carbocycles. The summed E-state index contributed by atoms with van der Waals surface area (Å²) in [4.78, 5) is 24.5. The molecule has 5 nitrogen and oxygen atoms in total. The maximum Gasteiger partial charge on any atom is 0.306 e. The molecule has 1 heterocycles. The van der Waals surface area contributed by atoms with E-state index < -0.39 is 5.97 Å². The number of aliphatic carboxylic acids is 1. The first-order valence-corrected chi connectivity index (χ1v) is 7.79. The predicted molar refractivity (Wildman–Crippen MR) is 83.9 cm³/mol. The Labute approximate surface area is 142 Å². The normalized spacial score (nSPS) is 15.7. The fourth-order valence-corrected chi connectivity index (χ4v) is 3.19. The average Bonchev–Trinajstić information content (AvgIpc) is 2.46. The van der Waals surface area contributed by atoms with E-state index in [0.29, 0.717) is 31.0 Å². The lowest BCUT2D eigenvalue weighted by atomic mass is 9.97. The monoisotopic (exact) mass is 365 g/mol. The molecule has 0 spiro atoms. The molecular formula is C14H14Cl3NO4. The standard InChI is InChI=1S/C14H14Cl3NO4/c15-9-5-10(16)13(11(17)6-9)22-7-12(19)18-3-1-8(2-4-18)14(20)21/h5-6,8H,1-4,7H2,(H,20,21). The molecule has 0 aliphatic carbocycles. The van der Waals surface area contributed by atoms with Crippen LogP contribution >= 0.6 is 34.8 Å². The number of hydrogen-bond acceptors (Lipinski definition) is 3. The number of piperidine rings is 1. The van der Waals surface area contributed by atoms with Crippen LogP contribution in [0.25, 0.3) is 0 Å². The second kappa shape index (κ2) is 7.40. The Balaban J connectivity index is 1.90. The molecule has 1 aliphatic heterocycles. The molecule has 0 bridgehead atoms. The van der Waals surface area contributed by atoms with Crippen molar-refractivity contribution >= 4 is 46.7 Å². The quantitative estimate of drug-likeness (QED) is 0.887. The number of carboxylic acids is 1. The highest BCUT2D eigenvalue weighted by molar-refractivity contribution is 6.40. The number of hydrogen-bond donors (Lipinski definition) is 1. The topological polar surface area (TPSA) is 66.8 Å². The Morgan fingerprint density at radius 1 is 1.18 bits per heavy atom. The highest BCUT2D eigenvalue weighted by atomic mass is 35.5. The van der Waals surface area contributed by atoms with E-state index in [1.807, 2.05) is 0 Å². The number of carboxylic acid groups (broad SMARTS) is 1. The van der Waals surface area contributed by atoms with Gasteiger partial charge in [-0.15, -0.1) is 0 Å². The molecule has 8 heteroatoms. The summed E-state index contributed by atoms with van der Waals surface area (Å²) in [5, 5.41) is 9.77. The minimum absolute atomic E-state index is 0.210. The van der Waals surface area contributed by atoms with Gasteiger partial charge in [-0.25, -0.2) is 0 Å². The Bertz CT molecular complexity index is 562. The van der Waals surface area contributed by atoms with Crippen molar-refractivity contribution in [3.8, 4) is 5.75 Å². The smallest absolute Gasteiger partial charge is 0.306 e. The van der Waals surface area contributed by atoms with E-state index in [2.05, 4.69) is 0 Å². The van der Waals surface area contributed by atoms with E-state index in [-0.39, 0.29) is 34.2 Å². The molecule has 0 aromatic heterocycles. The number of likely N-dealkylation sites (tertiary alicyclic amines) is 1. The lowest BCUT2D eigenvalue weighted by Crippen LogP contribution is -2.42. The number of carbonyl (C=O) groups is 2. The molecule has 22 heavy (non-hydrogen) atoms. The Morgan fingerprint density at radius 3 is 2.23 bits per heavy atom. The van der Waals surface area contributed by atoms with Crippen LogP contribution in [0.1, 0.15) is 12.8 Å². The van der Waals surface area contributed by atoms with Crippen molar-refractivity contribution in [3.63, 3.8) is 0 Å². The largest absolute Gasteiger partial charge is 0.481 e. The first-order valence-electron chi connectivity index (χ1n) is 6.66. The molecule has 0 radical (unpaired) electrons. The number of benzene rings is 1. The third-order valence-electron chi connectivity index (χ3n) is 3.50. The van der Waals surface area contributed by atoms with Gasteiger partial charge in [0.1, 0.15) is 0 Å². The second-order valence-corrected chi connectivity index (χ2v) is 6.23. The number of nitrogens with zero attached hydrogens (tertiary/aromatic N) is 1. The predicted octanol–water partition coefficient (Wildman–Crippen LogP) is 3.35. The summed E-state index contributed by atoms with van der Waals surface area (Å²) in [5.74, 6) is -1.22. The zero-order valence-electron chi connectivity index (χ0n) is 11.5. The molecule has 1 N–H and O–H groups in total. The van der Waals surface area contributed by atoms with Gasteiger partial charge in [0, 0.05) is 18.1 Å². The molecule has 1 aliphatic rings. The molecule has 1 aromatic rings. The van der Waals surface area contributed by atoms with Crippen molar-refractivity contribution < 1.29 is 19.4 Å². The molecule has 0 unspecified atom stereocenters. The number of carbonyl (C=O) groups excluding carboxylic acids is 1. The average molecular weight is 367 g/mol. The van der Waals surface area contributed by atoms with Gasteiger partial charge in [0.25, 0.3) is 5.91 Å². The van der Waals surface area contributed by atoms with E-state index in [0.717, 1.165) is 0 Å². The Kier molecular flexibility index (Phi) is 5.78. The van der Waals surface area contributed by atoms with Crippen LogP contribution in [0.15, 0.2) is 12.1 Å². The van der Waals surface area contributed by atoms with Crippen LogP contribution < -0.4 is 4.74 Å². The van der Waals surface area contributed by atoms with Crippen LogP contribution in [0.3, 0.4) is 0 Å². The molecule has 1 fully saturated rings. The first-order chi connectivity index (χ1) is 10.4. The fourth-order valence-electron chi connectivity index (χ4n) is 2.27. The van der Waals surface area contributed by atoms with Gasteiger partial charge in [-0.05, 0) is 25.0 Å². The highest BCUT2D eigenvalue weighted by Gasteiger charge is 2.27. The van der Waals surface area contributed by atoms with E-state index in [1.165, 1.54) is 12.1 Å². The van der Waals surface area contributed by atoms with Gasteiger partial charge in [0.2, 0.25) is 0 Å². The van der Waals surface area contributed by atoms with Gasteiger partial charge in [-0.2, -0.15) is 0 Å². The zero-order chi connectivity index (χ0) is 16.3. The molecule has 2 rings (SSSR count). The third-order valence-corrected chi connectivity index (χ3v) is 4.28. The van der Waals surface area contributed by atoms with Crippen molar-refractivity contribution in [1.82, 2.24) is 4.90 Å². The summed E-state index contributed by atoms with van der Waals surface area (Å²) in [6, 6.07) is 2.96. The van der Waals surface area contributed by atoms with Crippen LogP contribution in [-0.2, 0) is 9.59 Å². The van der Waals surface area contributed by atoms with E-state index in [1.54, 1.807) is 4.90 Å². The number of amides is 1. The van der Waals surface area contributed by atoms with Crippen LogP contribution in [0, 0.1) is 5.92 Å². The van der Waals surface area contributed by atoms with Crippen LogP contribution in [0.4, 0.5) is 0 Å². The number of ether oxygens (including phenoxy) is 1. The maximum atomic E-state index is 12.1. The highest BCUT2D eigenvalue weighted by Crippen LogP contribution is 2.35. The number of halogens is 3. The van der Waals surface area contributed by atoms with Crippen molar-refractivity contribution in [2.24, 2.45) is 5.92 Å². The zero-order valence-corrected chi connectivity index (χ0v) is 13.8. The summed E-state index contributed by atoms with van der Waals surface area (Å²) in [6.07, 6.45) is 0.896. The molecule has 1 amide bonds. The maximum absolute atomic E-state index is 12.1. The van der Waals surface area contributed by atoms with E-state index in [9.17, 15) is 9.59 Å². The summed E-state index contributed by atoms with van der Waals surface area (Å²) < 4.78 is 5.38. The summed E-state index contributed by atoms with van der Waals surface area (Å²) >= 11 is 17.7. The second-order valence-electron chi connectivity index (χ2n) is 4.98. The minimum atomic E-state index is -0.817. The molecule has 0 atom stereocenters. The van der Waals surface area contributed by atoms with Gasteiger partial charge < -0.3 is 14.7 Å². The summed E-state index contributed by atoms with van der Waals surface area (Å²) in [7, 11) is 0. The van der Waals surface area contributed by atoms with Gasteiger partial charge in [0.05, 0.1) is 16.0 Å². The van der Waals surface area contributed by atoms with Gasteiger partial charge >= 0.3 is 5.97 Å². The lowest BCUT2D eigenvalue weighted by Gasteiger charge is -2.30. The Hall–Kier alpha value is -1.17. The van der Waals surface area contributed by atoms with Gasteiger partial charge in [-0.1, -0.05) is 34.8 Å². The van der Waals surface area contributed by atoms with Crippen LogP contribution in [-0.4, -0.2) is 41.6 Å². The van der Waals surface area contributed by atoms with Crippen molar-refractivity contribution in [3.05, 3.63) is 27.2 Å². The van der Waals surface area contributed by atoms with Gasteiger partial charge in [0.15, 0.2) is 12.4 Å². The first kappa shape index (κ1) is 17.2. The van der Waals surface area contributed by atoms with Crippen LogP contribution in [0.2, 0.25) is 15.1 Å². The third kappa shape index (κ3) is 4.18. The van der Waals surface area contributed by atoms with Crippen molar-refractivity contribution in [2.45, 2.75) is 12.8 Å². The molecule has 1 aromatic carbocycles. The fraction of sp³-hybridized carbons (Fsp3) is 0.429. The van der Waals surface area contributed by atoms with Crippen molar-refractivity contribution in [1.29, 1.82) is 0 Å². The van der Waals surface area contributed by atoms with Gasteiger partial charge in [-0.3, -0.25) is 9.59 Å². The number of rotatable bonds is 4. The SMILES string of the molecule is O=C(O)C1CCN(C(=O)COc2c(Cl)cc(Cl)cc2Cl)CC1. The summed E-state index contributed by atoms with van der Waals surface area (Å²) in [5.41, 5.74) is 0. The molecule has 1 saturated heterocycles. The van der Waals surface area contributed by atoms with Crippen molar-refractivity contribution in [2.75, 3.05) is 19.7 Å². The molecular weight excluding hydrogens is 353 g/mol. The van der Waals surface area contributed by atoms with E-state index >= 15 is 0 Å². The van der Waals surface area contributed by atoms with Crippen LogP contribution in [0.5, 0.6) is 5.75 Å². The Morgan fingerprint density at radius 2 is 1.73 bits per heavy atom. The lowest BCUT2D eigenvalue weighted by molar-refractivity contribution is -0.146. The van der Waals surface area contributed by atoms with E-state index in [4.69, 9.17) is 44.6 Å². The minimum Gasteiger partial charge on any atom is -0.481 e. The summed E-state index contributed by atoms with van der Waals surface area (Å²) in [6.45, 7) is 0.599.